The van der Waals surface area contributed by atoms with Crippen LogP contribution >= 0.6 is 11.3 Å². The van der Waals surface area contributed by atoms with E-state index in [0.717, 1.165) is 6.42 Å². The molecular formula is C9H10N2S. The SMILES string of the molecule is CCc1ccnn1-c1ccsc1. The fraction of sp³-hybridized carbons (Fsp3) is 0.222. The molecule has 0 unspecified atom stereocenters. The molecule has 2 aromatic heterocycles. The normalized spacial score (nSPS) is 10.4. The Labute approximate surface area is 75.5 Å². The molecule has 3 heteroatoms. The summed E-state index contributed by atoms with van der Waals surface area (Å²) in [7, 11) is 0. The van der Waals surface area contributed by atoms with Crippen LogP contribution in [0.15, 0.2) is 29.1 Å². The molecule has 2 aromatic rings. The Morgan fingerprint density at radius 3 is 3.08 bits per heavy atom. The average Bonchev–Trinajstić information content (AvgIpc) is 2.74. The van der Waals surface area contributed by atoms with Gasteiger partial charge in [-0.15, -0.1) is 0 Å². The molecule has 2 rings (SSSR count). The largest absolute Gasteiger partial charge is 0.237 e. The van der Waals surface area contributed by atoms with Crippen LogP contribution in [-0.2, 0) is 6.42 Å². The molecule has 0 amide bonds. The van der Waals surface area contributed by atoms with Crippen LogP contribution in [0, 0.1) is 0 Å². The first kappa shape index (κ1) is 7.55. The molecule has 2 nitrogen and oxygen atoms in total. The van der Waals surface area contributed by atoms with Gasteiger partial charge in [0.2, 0.25) is 0 Å². The fourth-order valence-electron chi connectivity index (χ4n) is 1.21. The highest BCUT2D eigenvalue weighted by molar-refractivity contribution is 7.08. The number of rotatable bonds is 2. The van der Waals surface area contributed by atoms with Crippen molar-refractivity contribution >= 4 is 11.3 Å². The molecule has 2 heterocycles. The first-order chi connectivity index (χ1) is 5.92. The summed E-state index contributed by atoms with van der Waals surface area (Å²) in [6.45, 7) is 2.14. The average molecular weight is 178 g/mol. The molecular weight excluding hydrogens is 168 g/mol. The van der Waals surface area contributed by atoms with Gasteiger partial charge in [0.05, 0.1) is 5.69 Å². The second-order valence-corrected chi connectivity index (χ2v) is 3.35. The summed E-state index contributed by atoms with van der Waals surface area (Å²) in [6.07, 6.45) is 2.87. The molecule has 0 saturated carbocycles. The third-order valence-electron chi connectivity index (χ3n) is 1.83. The molecule has 0 N–H and O–H groups in total. The zero-order valence-corrected chi connectivity index (χ0v) is 7.71. The lowest BCUT2D eigenvalue weighted by Gasteiger charge is -2.01. The van der Waals surface area contributed by atoms with Crippen molar-refractivity contribution in [3.05, 3.63) is 34.8 Å². The molecule has 0 aliphatic carbocycles. The van der Waals surface area contributed by atoms with E-state index in [2.05, 4.69) is 34.9 Å². The topological polar surface area (TPSA) is 17.8 Å². The molecule has 0 fully saturated rings. The van der Waals surface area contributed by atoms with Gasteiger partial charge in [-0.25, -0.2) is 4.68 Å². The Kier molecular flexibility index (Phi) is 1.96. The summed E-state index contributed by atoms with van der Waals surface area (Å²) in [4.78, 5) is 0. The van der Waals surface area contributed by atoms with Crippen molar-refractivity contribution < 1.29 is 0 Å². The Balaban J connectivity index is 2.46. The molecule has 62 valence electrons. The number of thiophene rings is 1. The Hall–Kier alpha value is -1.09. The maximum atomic E-state index is 4.25. The molecule has 12 heavy (non-hydrogen) atoms. The van der Waals surface area contributed by atoms with Crippen LogP contribution in [0.4, 0.5) is 0 Å². The highest BCUT2D eigenvalue weighted by atomic mass is 32.1. The van der Waals surface area contributed by atoms with Gasteiger partial charge in [-0.2, -0.15) is 16.4 Å². The summed E-state index contributed by atoms with van der Waals surface area (Å²) in [5.41, 5.74) is 2.43. The van der Waals surface area contributed by atoms with Crippen molar-refractivity contribution in [1.29, 1.82) is 0 Å². The summed E-state index contributed by atoms with van der Waals surface area (Å²) in [5, 5.41) is 8.42. The standard InChI is InChI=1S/C9H10N2S/c1-2-8-3-5-10-11(8)9-4-6-12-7-9/h3-7H,2H2,1H3. The second kappa shape index (κ2) is 3.11. The van der Waals surface area contributed by atoms with Crippen molar-refractivity contribution in [3.63, 3.8) is 0 Å². The first-order valence-corrected chi connectivity index (χ1v) is 4.91. The van der Waals surface area contributed by atoms with Gasteiger partial charge >= 0.3 is 0 Å². The lowest BCUT2D eigenvalue weighted by Crippen LogP contribution is -1.98. The van der Waals surface area contributed by atoms with E-state index in [4.69, 9.17) is 0 Å². The van der Waals surface area contributed by atoms with Crippen molar-refractivity contribution in [3.8, 4) is 5.69 Å². The van der Waals surface area contributed by atoms with Crippen LogP contribution in [0.5, 0.6) is 0 Å². The fourth-order valence-corrected chi connectivity index (χ4v) is 1.82. The quantitative estimate of drug-likeness (QED) is 0.691. The predicted octanol–water partition coefficient (Wildman–Crippen LogP) is 2.50. The van der Waals surface area contributed by atoms with E-state index >= 15 is 0 Å². The molecule has 0 aliphatic heterocycles. The highest BCUT2D eigenvalue weighted by Gasteiger charge is 2.01. The smallest absolute Gasteiger partial charge is 0.0755 e. The zero-order chi connectivity index (χ0) is 8.39. The highest BCUT2D eigenvalue weighted by Crippen LogP contribution is 2.13. The van der Waals surface area contributed by atoms with E-state index < -0.39 is 0 Å². The number of hydrogen-bond acceptors (Lipinski definition) is 2. The molecule has 0 atom stereocenters. The van der Waals surface area contributed by atoms with Crippen LogP contribution in [0.2, 0.25) is 0 Å². The molecule has 0 aliphatic rings. The molecule has 0 saturated heterocycles. The van der Waals surface area contributed by atoms with Gasteiger partial charge in [-0.3, -0.25) is 0 Å². The maximum Gasteiger partial charge on any atom is 0.0755 e. The van der Waals surface area contributed by atoms with Gasteiger partial charge in [-0.05, 0) is 23.9 Å². The van der Waals surface area contributed by atoms with Gasteiger partial charge in [0.1, 0.15) is 0 Å². The molecule has 0 spiro atoms. The lowest BCUT2D eigenvalue weighted by atomic mass is 10.3. The van der Waals surface area contributed by atoms with E-state index in [9.17, 15) is 0 Å². The van der Waals surface area contributed by atoms with Crippen molar-refractivity contribution in [2.75, 3.05) is 0 Å². The van der Waals surface area contributed by atoms with Gasteiger partial charge < -0.3 is 0 Å². The Morgan fingerprint density at radius 1 is 1.50 bits per heavy atom. The van der Waals surface area contributed by atoms with Gasteiger partial charge in [-0.1, -0.05) is 6.92 Å². The first-order valence-electron chi connectivity index (χ1n) is 3.97. The Bertz CT molecular complexity index is 348. The number of nitrogens with zero attached hydrogens (tertiary/aromatic N) is 2. The third kappa shape index (κ3) is 1.16. The van der Waals surface area contributed by atoms with Crippen molar-refractivity contribution in [2.24, 2.45) is 0 Å². The zero-order valence-electron chi connectivity index (χ0n) is 6.90. The van der Waals surface area contributed by atoms with Gasteiger partial charge in [0.25, 0.3) is 0 Å². The van der Waals surface area contributed by atoms with Gasteiger partial charge in [0.15, 0.2) is 0 Å². The summed E-state index contributed by atoms with van der Waals surface area (Å²) in [5.74, 6) is 0. The maximum absolute atomic E-state index is 4.25. The van der Waals surface area contributed by atoms with Crippen LogP contribution < -0.4 is 0 Å². The van der Waals surface area contributed by atoms with E-state index in [1.54, 1.807) is 11.3 Å². The summed E-state index contributed by atoms with van der Waals surface area (Å²) < 4.78 is 1.98. The van der Waals surface area contributed by atoms with Crippen molar-refractivity contribution in [2.45, 2.75) is 13.3 Å². The lowest BCUT2D eigenvalue weighted by molar-refractivity contribution is 0.817. The monoisotopic (exact) mass is 178 g/mol. The number of hydrogen-bond donors (Lipinski definition) is 0. The minimum Gasteiger partial charge on any atom is -0.237 e. The molecule has 0 radical (unpaired) electrons. The van der Waals surface area contributed by atoms with E-state index in [1.807, 2.05) is 10.9 Å². The predicted molar refractivity (Wildman–Crippen MR) is 50.8 cm³/mol. The third-order valence-corrected chi connectivity index (χ3v) is 2.50. The van der Waals surface area contributed by atoms with Crippen LogP contribution in [0.3, 0.4) is 0 Å². The minimum atomic E-state index is 1.02. The molecule has 0 bridgehead atoms. The number of aromatic nitrogens is 2. The van der Waals surface area contributed by atoms with Crippen LogP contribution in [0.1, 0.15) is 12.6 Å². The summed E-state index contributed by atoms with van der Waals surface area (Å²) in [6, 6.07) is 4.13. The van der Waals surface area contributed by atoms with Crippen LogP contribution in [-0.4, -0.2) is 9.78 Å². The van der Waals surface area contributed by atoms with E-state index in [0.29, 0.717) is 0 Å². The van der Waals surface area contributed by atoms with Gasteiger partial charge in [0, 0.05) is 17.3 Å². The second-order valence-electron chi connectivity index (χ2n) is 2.57. The summed E-state index contributed by atoms with van der Waals surface area (Å²) >= 11 is 1.70. The number of aryl methyl sites for hydroxylation is 1. The molecule has 0 aromatic carbocycles. The van der Waals surface area contributed by atoms with E-state index in [-0.39, 0.29) is 0 Å². The minimum absolute atomic E-state index is 1.02. The van der Waals surface area contributed by atoms with Crippen LogP contribution in [0.25, 0.3) is 5.69 Å². The van der Waals surface area contributed by atoms with Crippen molar-refractivity contribution in [1.82, 2.24) is 9.78 Å². The Morgan fingerprint density at radius 2 is 2.42 bits per heavy atom. The van der Waals surface area contributed by atoms with E-state index in [1.165, 1.54) is 11.4 Å².